The van der Waals surface area contributed by atoms with E-state index < -0.39 is 0 Å². The Morgan fingerprint density at radius 1 is 0.950 bits per heavy atom. The second-order valence-electron chi connectivity index (χ2n) is 4.91. The fraction of sp³-hybridized carbons (Fsp3) is 0.0625. The van der Waals surface area contributed by atoms with E-state index in [-0.39, 0.29) is 0 Å². The molecule has 4 heteroatoms. The van der Waals surface area contributed by atoms with Crippen molar-refractivity contribution in [3.05, 3.63) is 47.1 Å². The Labute approximate surface area is 118 Å². The van der Waals surface area contributed by atoms with E-state index in [1.807, 2.05) is 6.07 Å². The SMILES string of the molecule is C1=Nc2c(ccc3c2ccc2ccc4c(c23)=NCS4)=N1. The summed E-state index contributed by atoms with van der Waals surface area (Å²) < 4.78 is 0. The molecule has 0 bridgehead atoms. The topological polar surface area (TPSA) is 37.1 Å². The van der Waals surface area contributed by atoms with E-state index in [1.54, 1.807) is 18.1 Å². The van der Waals surface area contributed by atoms with Gasteiger partial charge in [0.15, 0.2) is 0 Å². The van der Waals surface area contributed by atoms with Crippen molar-refractivity contribution < 1.29 is 0 Å². The average molecular weight is 275 g/mol. The standard InChI is InChI=1S/C16H9N3S/c1-3-11-10(4-5-12-15(11)18-7-17-12)14-9(1)2-6-13-16(14)19-8-20-13/h1-7H,8H2. The smallest absolute Gasteiger partial charge is 0.116 e. The van der Waals surface area contributed by atoms with Gasteiger partial charge in [-0.1, -0.05) is 24.3 Å². The highest BCUT2D eigenvalue weighted by atomic mass is 32.2. The number of nitrogens with zero attached hydrogens (tertiary/aromatic N) is 3. The van der Waals surface area contributed by atoms with Crippen LogP contribution in [-0.2, 0) is 0 Å². The lowest BCUT2D eigenvalue weighted by Gasteiger charge is -2.06. The highest BCUT2D eigenvalue weighted by Gasteiger charge is 2.13. The first-order valence-corrected chi connectivity index (χ1v) is 7.46. The van der Waals surface area contributed by atoms with E-state index in [4.69, 9.17) is 0 Å². The van der Waals surface area contributed by atoms with Gasteiger partial charge in [-0.05, 0) is 22.9 Å². The Balaban J connectivity index is 2.11. The molecule has 2 heterocycles. The van der Waals surface area contributed by atoms with Gasteiger partial charge in [-0.15, -0.1) is 11.8 Å². The lowest BCUT2D eigenvalue weighted by atomic mass is 10.00. The molecule has 0 radical (unpaired) electrons. The van der Waals surface area contributed by atoms with Crippen LogP contribution >= 0.6 is 11.8 Å². The van der Waals surface area contributed by atoms with E-state index in [0.717, 1.165) is 27.7 Å². The van der Waals surface area contributed by atoms with Crippen LogP contribution in [0.25, 0.3) is 21.5 Å². The van der Waals surface area contributed by atoms with Crippen LogP contribution in [0, 0.1) is 0 Å². The van der Waals surface area contributed by atoms with Crippen molar-refractivity contribution in [2.24, 2.45) is 15.0 Å². The quantitative estimate of drug-likeness (QED) is 0.581. The molecule has 0 fully saturated rings. The lowest BCUT2D eigenvalue weighted by molar-refractivity contribution is 1.25. The highest BCUT2D eigenvalue weighted by Crippen LogP contribution is 2.31. The van der Waals surface area contributed by atoms with Crippen LogP contribution in [0.4, 0.5) is 5.69 Å². The number of rotatable bonds is 0. The third-order valence-corrected chi connectivity index (χ3v) is 4.79. The molecule has 2 aliphatic heterocycles. The minimum absolute atomic E-state index is 0.823. The summed E-state index contributed by atoms with van der Waals surface area (Å²) >= 11 is 1.80. The van der Waals surface area contributed by atoms with Gasteiger partial charge in [0.05, 0.1) is 22.3 Å². The van der Waals surface area contributed by atoms with Gasteiger partial charge in [0, 0.05) is 15.7 Å². The van der Waals surface area contributed by atoms with Crippen LogP contribution in [0.5, 0.6) is 0 Å². The van der Waals surface area contributed by atoms with Crippen LogP contribution in [0.1, 0.15) is 0 Å². The fourth-order valence-corrected chi connectivity index (χ4v) is 3.79. The Morgan fingerprint density at radius 2 is 1.85 bits per heavy atom. The molecule has 0 aliphatic carbocycles. The molecular weight excluding hydrogens is 266 g/mol. The van der Waals surface area contributed by atoms with E-state index in [1.165, 1.54) is 21.1 Å². The van der Waals surface area contributed by atoms with Crippen molar-refractivity contribution in [2.75, 3.05) is 5.88 Å². The van der Waals surface area contributed by atoms with E-state index in [9.17, 15) is 0 Å². The summed E-state index contributed by atoms with van der Waals surface area (Å²) in [6, 6.07) is 12.8. The summed E-state index contributed by atoms with van der Waals surface area (Å²) in [6.45, 7) is 0. The molecule has 5 rings (SSSR count). The molecule has 0 spiro atoms. The van der Waals surface area contributed by atoms with Gasteiger partial charge in [0.1, 0.15) is 6.34 Å². The van der Waals surface area contributed by atoms with E-state index in [2.05, 4.69) is 45.3 Å². The summed E-state index contributed by atoms with van der Waals surface area (Å²) in [4.78, 5) is 14.6. The molecule has 0 aromatic heterocycles. The molecule has 94 valence electrons. The zero-order valence-corrected chi connectivity index (χ0v) is 11.3. The summed E-state index contributed by atoms with van der Waals surface area (Å²) in [6.07, 6.45) is 1.63. The molecule has 3 aromatic carbocycles. The maximum atomic E-state index is 4.67. The van der Waals surface area contributed by atoms with Gasteiger partial charge in [0.25, 0.3) is 0 Å². The predicted molar refractivity (Wildman–Crippen MR) is 82.6 cm³/mol. The summed E-state index contributed by atoms with van der Waals surface area (Å²) in [5.74, 6) is 0.823. The predicted octanol–water partition coefficient (Wildman–Crippen LogP) is 2.97. The summed E-state index contributed by atoms with van der Waals surface area (Å²) in [5.41, 5.74) is 0.979. The number of thioether (sulfide) groups is 1. The van der Waals surface area contributed by atoms with Crippen molar-refractivity contribution in [3.8, 4) is 0 Å². The van der Waals surface area contributed by atoms with Gasteiger partial charge in [-0.25, -0.2) is 9.98 Å². The first-order chi connectivity index (χ1) is 9.92. The number of hydrogen-bond donors (Lipinski definition) is 0. The molecule has 20 heavy (non-hydrogen) atoms. The van der Waals surface area contributed by atoms with E-state index in [0.29, 0.717) is 0 Å². The number of benzene rings is 3. The first-order valence-electron chi connectivity index (χ1n) is 6.48. The number of aliphatic imine (C=N–C) groups is 1. The number of fused-ring (bicyclic) bond motifs is 7. The van der Waals surface area contributed by atoms with Crippen LogP contribution in [0.3, 0.4) is 0 Å². The van der Waals surface area contributed by atoms with Crippen LogP contribution in [-0.4, -0.2) is 12.2 Å². The molecular formula is C16H9N3S. The van der Waals surface area contributed by atoms with Crippen molar-refractivity contribution in [2.45, 2.75) is 4.90 Å². The Kier molecular flexibility index (Phi) is 1.94. The fourth-order valence-electron chi connectivity index (χ4n) is 2.99. The summed E-state index contributed by atoms with van der Waals surface area (Å²) in [7, 11) is 0. The third-order valence-electron chi connectivity index (χ3n) is 3.89. The van der Waals surface area contributed by atoms with Crippen molar-refractivity contribution in [1.82, 2.24) is 0 Å². The molecule has 0 atom stereocenters. The molecule has 0 saturated carbocycles. The largest absolute Gasteiger partial charge is 0.272 e. The molecule has 3 aromatic rings. The molecule has 2 aliphatic rings. The minimum atomic E-state index is 0.823. The lowest BCUT2D eigenvalue weighted by Crippen LogP contribution is -2.04. The second kappa shape index (κ2) is 3.67. The van der Waals surface area contributed by atoms with Crippen molar-refractivity contribution in [1.29, 1.82) is 0 Å². The van der Waals surface area contributed by atoms with E-state index >= 15 is 0 Å². The second-order valence-corrected chi connectivity index (χ2v) is 5.90. The van der Waals surface area contributed by atoms with Gasteiger partial charge >= 0.3 is 0 Å². The Bertz CT molecular complexity index is 1050. The zero-order chi connectivity index (χ0) is 13.1. The third kappa shape index (κ3) is 1.24. The van der Waals surface area contributed by atoms with Crippen LogP contribution in [0.2, 0.25) is 0 Å². The Morgan fingerprint density at radius 3 is 2.85 bits per heavy atom. The van der Waals surface area contributed by atoms with Gasteiger partial charge in [0.2, 0.25) is 0 Å². The maximum Gasteiger partial charge on any atom is 0.116 e. The first kappa shape index (κ1) is 10.6. The maximum absolute atomic E-state index is 4.67. The van der Waals surface area contributed by atoms with Crippen molar-refractivity contribution >= 4 is 45.3 Å². The summed E-state index contributed by atoms with van der Waals surface area (Å²) in [5, 5.41) is 6.95. The zero-order valence-electron chi connectivity index (χ0n) is 10.5. The molecule has 0 N–H and O–H groups in total. The monoisotopic (exact) mass is 275 g/mol. The minimum Gasteiger partial charge on any atom is -0.272 e. The van der Waals surface area contributed by atoms with Gasteiger partial charge in [-0.2, -0.15) is 0 Å². The molecule has 0 saturated heterocycles. The number of hydrogen-bond acceptors (Lipinski definition) is 4. The van der Waals surface area contributed by atoms with Crippen molar-refractivity contribution in [3.63, 3.8) is 0 Å². The molecule has 0 unspecified atom stereocenters. The highest BCUT2D eigenvalue weighted by molar-refractivity contribution is 7.99. The van der Waals surface area contributed by atoms with Gasteiger partial charge < -0.3 is 0 Å². The Hall–Kier alpha value is -2.20. The average Bonchev–Trinajstić information content (AvgIpc) is 3.14. The molecule has 3 nitrogen and oxygen atoms in total. The molecule has 0 amide bonds. The van der Waals surface area contributed by atoms with Crippen LogP contribution in [0.15, 0.2) is 56.3 Å². The normalized spacial score (nSPS) is 15.2. The van der Waals surface area contributed by atoms with Crippen LogP contribution < -0.4 is 10.7 Å². The van der Waals surface area contributed by atoms with Gasteiger partial charge in [-0.3, -0.25) is 4.99 Å².